The maximum absolute atomic E-state index is 11.1. The zero-order valence-electron chi connectivity index (χ0n) is 12.6. The second-order valence-corrected chi connectivity index (χ2v) is 5.73. The van der Waals surface area contributed by atoms with E-state index in [9.17, 15) is 4.79 Å². The summed E-state index contributed by atoms with van der Waals surface area (Å²) >= 11 is 1.56. The van der Waals surface area contributed by atoms with Crippen LogP contribution in [0.1, 0.15) is 32.9 Å². The molecule has 0 aliphatic heterocycles. The van der Waals surface area contributed by atoms with Crippen molar-refractivity contribution in [3.05, 3.63) is 11.1 Å². The van der Waals surface area contributed by atoms with Crippen molar-refractivity contribution in [2.45, 2.75) is 39.7 Å². The normalized spacial score (nSPS) is 12.4. The Balaban J connectivity index is 2.50. The lowest BCUT2D eigenvalue weighted by Crippen LogP contribution is -2.30. The number of hydrogen-bond acceptors (Lipinski definition) is 6. The highest BCUT2D eigenvalue weighted by Crippen LogP contribution is 2.19. The predicted octanol–water partition coefficient (Wildman–Crippen LogP) is 2.72. The maximum atomic E-state index is 11.1. The minimum atomic E-state index is -0.205. The van der Waals surface area contributed by atoms with Gasteiger partial charge >= 0.3 is 5.97 Å². The van der Waals surface area contributed by atoms with Gasteiger partial charge in [-0.15, -0.1) is 11.3 Å². The van der Waals surface area contributed by atoms with Crippen molar-refractivity contribution < 1.29 is 14.3 Å². The van der Waals surface area contributed by atoms with Crippen LogP contribution in [-0.4, -0.2) is 37.3 Å². The van der Waals surface area contributed by atoms with Crippen molar-refractivity contribution in [1.29, 1.82) is 0 Å². The molecule has 1 aromatic rings. The summed E-state index contributed by atoms with van der Waals surface area (Å²) in [6, 6.07) is 0.245. The number of methoxy groups -OCH3 is 1. The molecular formula is C14H24N2O3S. The molecule has 0 aliphatic rings. The van der Waals surface area contributed by atoms with E-state index in [-0.39, 0.29) is 12.0 Å². The number of carbonyl (C=O) groups excluding carboxylic acids is 1. The van der Waals surface area contributed by atoms with E-state index in [1.165, 1.54) is 7.11 Å². The number of aryl methyl sites for hydroxylation is 1. The summed E-state index contributed by atoms with van der Waals surface area (Å²) in [5.41, 5.74) is 0.918. The number of aromatic nitrogens is 1. The van der Waals surface area contributed by atoms with Crippen molar-refractivity contribution in [3.8, 4) is 0 Å². The van der Waals surface area contributed by atoms with Crippen molar-refractivity contribution in [2.24, 2.45) is 5.92 Å². The second-order valence-electron chi connectivity index (χ2n) is 4.87. The van der Waals surface area contributed by atoms with Crippen LogP contribution in [0.4, 0.5) is 5.13 Å². The largest absolute Gasteiger partial charge is 0.469 e. The fraction of sp³-hybridized carbons (Fsp3) is 0.714. The van der Waals surface area contributed by atoms with E-state index >= 15 is 0 Å². The molecule has 6 heteroatoms. The Morgan fingerprint density at radius 1 is 1.50 bits per heavy atom. The van der Waals surface area contributed by atoms with Gasteiger partial charge in [-0.1, -0.05) is 13.8 Å². The molecule has 1 rings (SSSR count). The van der Waals surface area contributed by atoms with Gasteiger partial charge in [0.05, 0.1) is 31.9 Å². The first kappa shape index (κ1) is 16.9. The molecule has 0 amide bonds. The molecule has 1 heterocycles. The molecule has 1 unspecified atom stereocenters. The summed E-state index contributed by atoms with van der Waals surface area (Å²) in [6.07, 6.45) is 0.981. The molecule has 0 saturated heterocycles. The molecule has 20 heavy (non-hydrogen) atoms. The number of ether oxygens (including phenoxy) is 2. The quantitative estimate of drug-likeness (QED) is 0.711. The fourth-order valence-electron chi connectivity index (χ4n) is 1.62. The van der Waals surface area contributed by atoms with Crippen LogP contribution in [0.15, 0.2) is 5.38 Å². The average Bonchev–Trinajstić information content (AvgIpc) is 2.88. The molecule has 114 valence electrons. The SMILES string of the molecule is CCOCC(Nc1nc(CCC(=O)OC)cs1)C(C)C. The molecule has 1 aromatic heterocycles. The summed E-state index contributed by atoms with van der Waals surface area (Å²) in [7, 11) is 1.40. The number of carbonyl (C=O) groups is 1. The highest BCUT2D eigenvalue weighted by atomic mass is 32.1. The molecule has 1 N–H and O–H groups in total. The first-order chi connectivity index (χ1) is 9.56. The molecule has 0 radical (unpaired) electrons. The number of esters is 1. The van der Waals surface area contributed by atoms with Crippen LogP contribution in [0, 0.1) is 5.92 Å². The predicted molar refractivity (Wildman–Crippen MR) is 81.2 cm³/mol. The second kappa shape index (κ2) is 8.92. The van der Waals surface area contributed by atoms with Gasteiger partial charge in [0.25, 0.3) is 0 Å². The van der Waals surface area contributed by atoms with E-state index in [2.05, 4.69) is 28.9 Å². The van der Waals surface area contributed by atoms with E-state index < -0.39 is 0 Å². The third-order valence-electron chi connectivity index (χ3n) is 2.98. The van der Waals surface area contributed by atoms with Crippen LogP contribution in [0.3, 0.4) is 0 Å². The third-order valence-corrected chi connectivity index (χ3v) is 3.80. The molecule has 0 aromatic carbocycles. The van der Waals surface area contributed by atoms with Crippen LogP contribution in [-0.2, 0) is 20.7 Å². The van der Waals surface area contributed by atoms with E-state index in [1.54, 1.807) is 11.3 Å². The standard InChI is InChI=1S/C14H24N2O3S/c1-5-19-8-12(10(2)3)16-14-15-11(9-20-14)6-7-13(17)18-4/h9-10,12H,5-8H2,1-4H3,(H,15,16). The van der Waals surface area contributed by atoms with Crippen LogP contribution in [0.2, 0.25) is 0 Å². The first-order valence-corrected chi connectivity index (χ1v) is 7.80. The Labute approximate surface area is 124 Å². The monoisotopic (exact) mass is 300 g/mol. The van der Waals surface area contributed by atoms with Gasteiger partial charge < -0.3 is 14.8 Å². The summed E-state index contributed by atoms with van der Waals surface area (Å²) in [5, 5.41) is 6.26. The lowest BCUT2D eigenvalue weighted by Gasteiger charge is -2.21. The maximum Gasteiger partial charge on any atom is 0.305 e. The highest BCUT2D eigenvalue weighted by molar-refractivity contribution is 7.13. The molecule has 0 spiro atoms. The van der Waals surface area contributed by atoms with Gasteiger partial charge in [0, 0.05) is 18.4 Å². The van der Waals surface area contributed by atoms with Crippen LogP contribution in [0.5, 0.6) is 0 Å². The van der Waals surface area contributed by atoms with Gasteiger partial charge in [-0.2, -0.15) is 0 Å². The van der Waals surface area contributed by atoms with Crippen molar-refractivity contribution >= 4 is 22.4 Å². The molecule has 0 bridgehead atoms. The summed E-state index contributed by atoms with van der Waals surface area (Å²) in [4.78, 5) is 15.6. The summed E-state index contributed by atoms with van der Waals surface area (Å²) in [5.74, 6) is 0.257. The Bertz CT molecular complexity index is 407. The number of nitrogens with one attached hydrogen (secondary N) is 1. The smallest absolute Gasteiger partial charge is 0.305 e. The molecular weight excluding hydrogens is 276 g/mol. The van der Waals surface area contributed by atoms with Crippen molar-refractivity contribution in [2.75, 3.05) is 25.6 Å². The Morgan fingerprint density at radius 3 is 2.85 bits per heavy atom. The molecule has 0 fully saturated rings. The third kappa shape index (κ3) is 5.88. The first-order valence-electron chi connectivity index (χ1n) is 6.92. The van der Waals surface area contributed by atoms with E-state index in [4.69, 9.17) is 4.74 Å². The van der Waals surface area contributed by atoms with E-state index in [1.807, 2.05) is 12.3 Å². The van der Waals surface area contributed by atoms with Crippen LogP contribution >= 0.6 is 11.3 Å². The minimum absolute atomic E-state index is 0.205. The summed E-state index contributed by atoms with van der Waals surface area (Å²) < 4.78 is 10.1. The number of rotatable bonds is 9. The van der Waals surface area contributed by atoms with Crippen molar-refractivity contribution in [1.82, 2.24) is 4.98 Å². The lowest BCUT2D eigenvalue weighted by atomic mass is 10.1. The van der Waals surface area contributed by atoms with Gasteiger partial charge in [0.15, 0.2) is 5.13 Å². The van der Waals surface area contributed by atoms with E-state index in [0.29, 0.717) is 32.0 Å². The van der Waals surface area contributed by atoms with Gasteiger partial charge in [0.2, 0.25) is 0 Å². The Kier molecular flexibility index (Phi) is 7.54. The lowest BCUT2D eigenvalue weighted by molar-refractivity contribution is -0.140. The Hall–Kier alpha value is -1.14. The highest BCUT2D eigenvalue weighted by Gasteiger charge is 2.15. The minimum Gasteiger partial charge on any atom is -0.469 e. The van der Waals surface area contributed by atoms with E-state index in [0.717, 1.165) is 10.8 Å². The van der Waals surface area contributed by atoms with Gasteiger partial charge in [0.1, 0.15) is 0 Å². The number of nitrogens with zero attached hydrogens (tertiary/aromatic N) is 1. The van der Waals surface area contributed by atoms with Crippen LogP contribution < -0.4 is 5.32 Å². The zero-order valence-corrected chi connectivity index (χ0v) is 13.5. The topological polar surface area (TPSA) is 60.5 Å². The van der Waals surface area contributed by atoms with Crippen molar-refractivity contribution in [3.63, 3.8) is 0 Å². The number of anilines is 1. The van der Waals surface area contributed by atoms with Gasteiger partial charge in [-0.05, 0) is 12.8 Å². The average molecular weight is 300 g/mol. The number of thiazole rings is 1. The molecule has 1 atom stereocenters. The fourth-order valence-corrected chi connectivity index (χ4v) is 2.43. The molecule has 5 nitrogen and oxygen atoms in total. The van der Waals surface area contributed by atoms with Gasteiger partial charge in [-0.25, -0.2) is 4.98 Å². The zero-order chi connectivity index (χ0) is 15.0. The Morgan fingerprint density at radius 2 is 2.25 bits per heavy atom. The molecule has 0 saturated carbocycles. The number of hydrogen-bond donors (Lipinski definition) is 1. The van der Waals surface area contributed by atoms with Gasteiger partial charge in [-0.3, -0.25) is 4.79 Å². The molecule has 0 aliphatic carbocycles. The summed E-state index contributed by atoms with van der Waals surface area (Å²) in [6.45, 7) is 7.69. The van der Waals surface area contributed by atoms with Crippen LogP contribution in [0.25, 0.3) is 0 Å².